The Hall–Kier alpha value is -0.930. The molecule has 0 saturated carbocycles. The molecular weight excluding hydrogens is 164 g/mol. The van der Waals surface area contributed by atoms with E-state index in [0.717, 1.165) is 32.7 Å². The number of rotatable bonds is 0. The van der Waals surface area contributed by atoms with Gasteiger partial charge < -0.3 is 10.1 Å². The average molecular weight is 176 g/mol. The number of nitrogens with one attached hydrogen (secondary N) is 1. The van der Waals surface area contributed by atoms with Crippen LogP contribution in [-0.4, -0.2) is 11.6 Å². The Kier molecular flexibility index (Phi) is 1.60. The number of hydrogen-bond acceptors (Lipinski definition) is 3. The SMILES string of the molecule is c1nc2c(c3c1CNC3)COCC2. The summed E-state index contributed by atoms with van der Waals surface area (Å²) in [5.74, 6) is 0. The molecule has 0 saturated heterocycles. The Morgan fingerprint density at radius 2 is 2.31 bits per heavy atom. The molecule has 0 unspecified atom stereocenters. The molecule has 0 aliphatic carbocycles. The van der Waals surface area contributed by atoms with Crippen LogP contribution < -0.4 is 5.32 Å². The summed E-state index contributed by atoms with van der Waals surface area (Å²) >= 11 is 0. The molecule has 0 amide bonds. The van der Waals surface area contributed by atoms with Crippen LogP contribution in [0.4, 0.5) is 0 Å². The molecule has 3 rings (SSSR count). The standard InChI is InChI=1S/C10H12N2O/c1-2-13-6-9-8-5-11-3-7(8)4-12-10(1)9/h4,11H,1-3,5-6H2. The van der Waals surface area contributed by atoms with Crippen molar-refractivity contribution in [2.24, 2.45) is 0 Å². The van der Waals surface area contributed by atoms with Gasteiger partial charge in [0.15, 0.2) is 0 Å². The van der Waals surface area contributed by atoms with Crippen LogP contribution in [0.25, 0.3) is 0 Å². The van der Waals surface area contributed by atoms with E-state index in [1.54, 1.807) is 0 Å². The number of aromatic nitrogens is 1. The van der Waals surface area contributed by atoms with Crippen molar-refractivity contribution in [1.29, 1.82) is 0 Å². The van der Waals surface area contributed by atoms with E-state index in [0.29, 0.717) is 0 Å². The lowest BCUT2D eigenvalue weighted by atomic mass is 10.0. The predicted molar refractivity (Wildman–Crippen MR) is 48.1 cm³/mol. The first-order valence-electron chi connectivity index (χ1n) is 4.72. The van der Waals surface area contributed by atoms with Crippen LogP contribution in [-0.2, 0) is 30.9 Å². The van der Waals surface area contributed by atoms with Crippen molar-refractivity contribution in [2.75, 3.05) is 6.61 Å². The lowest BCUT2D eigenvalue weighted by Crippen LogP contribution is -2.14. The maximum Gasteiger partial charge on any atom is 0.0738 e. The fourth-order valence-corrected chi connectivity index (χ4v) is 2.10. The van der Waals surface area contributed by atoms with Crippen molar-refractivity contribution in [3.8, 4) is 0 Å². The number of hydrogen-bond donors (Lipinski definition) is 1. The first kappa shape index (κ1) is 7.47. The summed E-state index contributed by atoms with van der Waals surface area (Å²) < 4.78 is 5.45. The van der Waals surface area contributed by atoms with Gasteiger partial charge in [0.2, 0.25) is 0 Å². The number of nitrogens with zero attached hydrogens (tertiary/aromatic N) is 1. The summed E-state index contributed by atoms with van der Waals surface area (Å²) in [6, 6.07) is 0. The third-order valence-corrected chi connectivity index (χ3v) is 2.82. The van der Waals surface area contributed by atoms with Crippen molar-refractivity contribution >= 4 is 0 Å². The monoisotopic (exact) mass is 176 g/mol. The first-order chi connectivity index (χ1) is 6.45. The largest absolute Gasteiger partial charge is 0.376 e. The molecule has 0 bridgehead atoms. The number of fused-ring (bicyclic) bond motifs is 3. The van der Waals surface area contributed by atoms with Gasteiger partial charge >= 0.3 is 0 Å². The zero-order valence-corrected chi connectivity index (χ0v) is 7.47. The van der Waals surface area contributed by atoms with E-state index in [2.05, 4.69) is 10.3 Å². The summed E-state index contributed by atoms with van der Waals surface area (Å²) in [4.78, 5) is 4.47. The molecule has 2 aliphatic heterocycles. The summed E-state index contributed by atoms with van der Waals surface area (Å²) in [5, 5.41) is 3.34. The van der Waals surface area contributed by atoms with E-state index in [9.17, 15) is 0 Å². The second kappa shape index (κ2) is 2.79. The molecule has 0 spiro atoms. The van der Waals surface area contributed by atoms with Crippen LogP contribution >= 0.6 is 0 Å². The molecule has 3 heteroatoms. The Morgan fingerprint density at radius 3 is 3.31 bits per heavy atom. The van der Waals surface area contributed by atoms with E-state index in [4.69, 9.17) is 4.74 Å². The van der Waals surface area contributed by atoms with Gasteiger partial charge in [-0.3, -0.25) is 4.98 Å². The molecule has 0 atom stereocenters. The van der Waals surface area contributed by atoms with Crippen LogP contribution in [0.15, 0.2) is 6.20 Å². The molecule has 1 aromatic rings. The maximum atomic E-state index is 5.45. The van der Waals surface area contributed by atoms with E-state index < -0.39 is 0 Å². The predicted octanol–water partition coefficient (Wildman–Crippen LogP) is 0.758. The van der Waals surface area contributed by atoms with Gasteiger partial charge in [-0.1, -0.05) is 0 Å². The minimum Gasteiger partial charge on any atom is -0.376 e. The van der Waals surface area contributed by atoms with Crippen molar-refractivity contribution in [1.82, 2.24) is 10.3 Å². The van der Waals surface area contributed by atoms with E-state index in [-0.39, 0.29) is 0 Å². The molecular formula is C10H12N2O. The van der Waals surface area contributed by atoms with Crippen LogP contribution in [0, 0.1) is 0 Å². The summed E-state index contributed by atoms with van der Waals surface area (Å²) in [6.45, 7) is 3.54. The Bertz CT molecular complexity index is 349. The second-order valence-corrected chi connectivity index (χ2v) is 3.59. The minimum absolute atomic E-state index is 0.757. The summed E-state index contributed by atoms with van der Waals surface area (Å²) in [6.07, 6.45) is 2.99. The molecule has 0 fully saturated rings. The first-order valence-corrected chi connectivity index (χ1v) is 4.72. The van der Waals surface area contributed by atoms with Crippen molar-refractivity contribution < 1.29 is 4.74 Å². The molecule has 3 heterocycles. The highest BCUT2D eigenvalue weighted by molar-refractivity contribution is 5.39. The Labute approximate surface area is 77.1 Å². The van der Waals surface area contributed by atoms with Gasteiger partial charge in [0.05, 0.1) is 13.2 Å². The highest BCUT2D eigenvalue weighted by Crippen LogP contribution is 2.24. The minimum atomic E-state index is 0.757. The molecule has 2 aliphatic rings. The average Bonchev–Trinajstić information content (AvgIpc) is 2.65. The lowest BCUT2D eigenvalue weighted by Gasteiger charge is -2.18. The fraction of sp³-hybridized carbons (Fsp3) is 0.500. The van der Waals surface area contributed by atoms with E-state index in [1.165, 1.54) is 22.4 Å². The molecule has 1 aromatic heterocycles. The number of pyridine rings is 1. The molecule has 3 nitrogen and oxygen atoms in total. The van der Waals surface area contributed by atoms with E-state index in [1.807, 2.05) is 6.20 Å². The molecule has 0 aromatic carbocycles. The topological polar surface area (TPSA) is 34.2 Å². The van der Waals surface area contributed by atoms with Gasteiger partial charge in [0, 0.05) is 37.0 Å². The third kappa shape index (κ3) is 1.08. The molecule has 0 radical (unpaired) electrons. The third-order valence-electron chi connectivity index (χ3n) is 2.82. The highest BCUT2D eigenvalue weighted by atomic mass is 16.5. The second-order valence-electron chi connectivity index (χ2n) is 3.59. The van der Waals surface area contributed by atoms with E-state index >= 15 is 0 Å². The van der Waals surface area contributed by atoms with Gasteiger partial charge in [-0.25, -0.2) is 0 Å². The quantitative estimate of drug-likeness (QED) is 0.633. The van der Waals surface area contributed by atoms with Crippen molar-refractivity contribution in [3.05, 3.63) is 28.6 Å². The Morgan fingerprint density at radius 1 is 1.31 bits per heavy atom. The smallest absolute Gasteiger partial charge is 0.0738 e. The zero-order valence-electron chi connectivity index (χ0n) is 7.47. The summed E-state index contributed by atoms with van der Waals surface area (Å²) in [5.41, 5.74) is 5.37. The highest BCUT2D eigenvalue weighted by Gasteiger charge is 2.20. The number of ether oxygens (including phenoxy) is 1. The van der Waals surface area contributed by atoms with Gasteiger partial charge in [0.1, 0.15) is 0 Å². The van der Waals surface area contributed by atoms with Crippen LogP contribution in [0.1, 0.15) is 22.4 Å². The van der Waals surface area contributed by atoms with Gasteiger partial charge in [-0.05, 0) is 11.1 Å². The van der Waals surface area contributed by atoms with Gasteiger partial charge in [-0.15, -0.1) is 0 Å². The summed E-state index contributed by atoms with van der Waals surface area (Å²) in [7, 11) is 0. The van der Waals surface area contributed by atoms with Crippen molar-refractivity contribution in [2.45, 2.75) is 26.1 Å². The Balaban J connectivity index is 2.17. The molecule has 1 N–H and O–H groups in total. The van der Waals surface area contributed by atoms with Crippen molar-refractivity contribution in [3.63, 3.8) is 0 Å². The van der Waals surface area contributed by atoms with Crippen LogP contribution in [0.3, 0.4) is 0 Å². The van der Waals surface area contributed by atoms with Gasteiger partial charge in [0.25, 0.3) is 0 Å². The van der Waals surface area contributed by atoms with Crippen LogP contribution in [0.5, 0.6) is 0 Å². The zero-order chi connectivity index (χ0) is 8.67. The normalized spacial score (nSPS) is 19.7. The van der Waals surface area contributed by atoms with Crippen LogP contribution in [0.2, 0.25) is 0 Å². The lowest BCUT2D eigenvalue weighted by molar-refractivity contribution is 0.108. The molecule has 13 heavy (non-hydrogen) atoms. The molecule has 68 valence electrons. The van der Waals surface area contributed by atoms with Gasteiger partial charge in [-0.2, -0.15) is 0 Å². The maximum absolute atomic E-state index is 5.45. The fourth-order valence-electron chi connectivity index (χ4n) is 2.10.